The highest BCUT2D eigenvalue weighted by Gasteiger charge is 2.39. The van der Waals surface area contributed by atoms with Crippen LogP contribution in [0, 0.1) is 0 Å². The van der Waals surface area contributed by atoms with Crippen molar-refractivity contribution in [3.63, 3.8) is 0 Å². The van der Waals surface area contributed by atoms with Crippen molar-refractivity contribution < 1.29 is 13.5 Å². The molecule has 1 aromatic rings. The number of hydrogen-bond donors (Lipinski definition) is 1. The molecular weight excluding hydrogens is 216 g/mol. The molecule has 1 aliphatic heterocycles. The third kappa shape index (κ3) is 2.38. The smallest absolute Gasteiger partial charge is 0.252 e. The third-order valence-corrected chi connectivity index (χ3v) is 2.75. The van der Waals surface area contributed by atoms with Gasteiger partial charge < -0.3 is 10.5 Å². The maximum Gasteiger partial charge on any atom is 0.252 e. The van der Waals surface area contributed by atoms with Gasteiger partial charge in [-0.15, -0.1) is 0 Å². The summed E-state index contributed by atoms with van der Waals surface area (Å²) in [7, 11) is 1.71. The Kier molecular flexibility index (Phi) is 2.94. The second-order valence-corrected chi connectivity index (χ2v) is 4.23. The molecular formula is C10H15F2N3O. The summed E-state index contributed by atoms with van der Waals surface area (Å²) in [6.07, 6.45) is 0.291. The predicted octanol–water partition coefficient (Wildman–Crippen LogP) is 1.23. The van der Waals surface area contributed by atoms with Crippen molar-refractivity contribution in [3.05, 3.63) is 18.0 Å². The maximum atomic E-state index is 13.5. The Balaban J connectivity index is 2.20. The lowest BCUT2D eigenvalue weighted by atomic mass is 10.0. The Bertz CT molecular complexity index is 367. The van der Waals surface area contributed by atoms with E-state index >= 15 is 0 Å². The molecule has 2 N–H and O–H groups in total. The van der Waals surface area contributed by atoms with Crippen LogP contribution in [0.25, 0.3) is 0 Å². The van der Waals surface area contributed by atoms with E-state index in [1.807, 2.05) is 0 Å². The average Bonchev–Trinajstić information content (AvgIpc) is 2.52. The normalized spacial score (nSPS) is 30.0. The van der Waals surface area contributed by atoms with E-state index < -0.39 is 18.1 Å². The first-order valence-corrected chi connectivity index (χ1v) is 5.21. The minimum absolute atomic E-state index is 0.158. The van der Waals surface area contributed by atoms with Crippen LogP contribution in [-0.2, 0) is 11.8 Å². The fourth-order valence-electron chi connectivity index (χ4n) is 1.99. The van der Waals surface area contributed by atoms with E-state index in [-0.39, 0.29) is 19.4 Å². The summed E-state index contributed by atoms with van der Waals surface area (Å²) in [5.74, 6) is -2.77. The van der Waals surface area contributed by atoms with E-state index in [1.54, 1.807) is 24.0 Å². The molecule has 90 valence electrons. The topological polar surface area (TPSA) is 53.1 Å². The SMILES string of the molecule is Cn1nccc1C1CC(F)(F)CC(N)CO1. The summed E-state index contributed by atoms with van der Waals surface area (Å²) < 4.78 is 34.0. The molecule has 4 nitrogen and oxygen atoms in total. The quantitative estimate of drug-likeness (QED) is 0.791. The summed E-state index contributed by atoms with van der Waals surface area (Å²) in [6.45, 7) is 0.158. The number of nitrogens with two attached hydrogens (primary N) is 1. The van der Waals surface area contributed by atoms with Crippen molar-refractivity contribution in [2.75, 3.05) is 6.61 Å². The number of ether oxygens (including phenoxy) is 1. The van der Waals surface area contributed by atoms with E-state index in [4.69, 9.17) is 10.5 Å². The van der Waals surface area contributed by atoms with Gasteiger partial charge in [-0.2, -0.15) is 5.10 Å². The molecule has 0 radical (unpaired) electrons. The van der Waals surface area contributed by atoms with Gasteiger partial charge in [0, 0.05) is 32.1 Å². The summed E-state index contributed by atoms with van der Waals surface area (Å²) in [5.41, 5.74) is 6.20. The van der Waals surface area contributed by atoms with Gasteiger partial charge in [-0.3, -0.25) is 4.68 Å². The lowest BCUT2D eigenvalue weighted by Gasteiger charge is -2.19. The van der Waals surface area contributed by atoms with Crippen molar-refractivity contribution in [2.24, 2.45) is 12.8 Å². The van der Waals surface area contributed by atoms with Crippen molar-refractivity contribution in [1.82, 2.24) is 9.78 Å². The van der Waals surface area contributed by atoms with E-state index in [2.05, 4.69) is 5.10 Å². The minimum Gasteiger partial charge on any atom is -0.370 e. The van der Waals surface area contributed by atoms with Crippen LogP contribution in [0.5, 0.6) is 0 Å². The van der Waals surface area contributed by atoms with E-state index in [1.165, 1.54) is 0 Å². The van der Waals surface area contributed by atoms with Crippen LogP contribution in [0.1, 0.15) is 24.6 Å². The first kappa shape index (κ1) is 11.5. The van der Waals surface area contributed by atoms with Gasteiger partial charge in [0.2, 0.25) is 0 Å². The molecule has 1 aromatic heterocycles. The zero-order chi connectivity index (χ0) is 11.8. The van der Waals surface area contributed by atoms with E-state index in [0.717, 1.165) is 0 Å². The van der Waals surface area contributed by atoms with Crippen molar-refractivity contribution >= 4 is 0 Å². The highest BCUT2D eigenvalue weighted by molar-refractivity contribution is 5.06. The third-order valence-electron chi connectivity index (χ3n) is 2.75. The first-order chi connectivity index (χ1) is 7.48. The molecule has 2 unspecified atom stereocenters. The summed E-state index contributed by atoms with van der Waals surface area (Å²) in [6, 6.07) is 1.09. The second kappa shape index (κ2) is 4.10. The minimum atomic E-state index is -2.77. The van der Waals surface area contributed by atoms with Crippen LogP contribution in [0.2, 0.25) is 0 Å². The molecule has 0 aromatic carbocycles. The van der Waals surface area contributed by atoms with Crippen LogP contribution in [0.3, 0.4) is 0 Å². The molecule has 2 atom stereocenters. The van der Waals surface area contributed by atoms with Gasteiger partial charge in [-0.05, 0) is 6.07 Å². The highest BCUT2D eigenvalue weighted by Crippen LogP contribution is 2.36. The Hall–Kier alpha value is -1.01. The predicted molar refractivity (Wildman–Crippen MR) is 54.1 cm³/mol. The largest absolute Gasteiger partial charge is 0.370 e. The maximum absolute atomic E-state index is 13.5. The van der Waals surface area contributed by atoms with Gasteiger partial charge in [-0.25, -0.2) is 8.78 Å². The number of alkyl halides is 2. The Labute approximate surface area is 92.4 Å². The second-order valence-electron chi connectivity index (χ2n) is 4.23. The van der Waals surface area contributed by atoms with Crippen LogP contribution in [-0.4, -0.2) is 28.4 Å². The highest BCUT2D eigenvalue weighted by atomic mass is 19.3. The lowest BCUT2D eigenvalue weighted by Crippen LogP contribution is -2.30. The Morgan fingerprint density at radius 1 is 1.56 bits per heavy atom. The first-order valence-electron chi connectivity index (χ1n) is 5.21. The Morgan fingerprint density at radius 2 is 2.31 bits per heavy atom. The molecule has 0 saturated carbocycles. The van der Waals surface area contributed by atoms with Crippen LogP contribution in [0.4, 0.5) is 8.78 Å². The van der Waals surface area contributed by atoms with Gasteiger partial charge in [0.15, 0.2) is 0 Å². The van der Waals surface area contributed by atoms with Crippen LogP contribution in [0.15, 0.2) is 12.3 Å². The molecule has 0 bridgehead atoms. The number of aromatic nitrogens is 2. The number of nitrogens with zero attached hydrogens (tertiary/aromatic N) is 2. The van der Waals surface area contributed by atoms with Crippen molar-refractivity contribution in [2.45, 2.75) is 30.9 Å². The lowest BCUT2D eigenvalue weighted by molar-refractivity contribution is -0.0454. The molecule has 0 aliphatic carbocycles. The standard InChI is InChI=1S/C10H15F2N3O/c1-15-8(2-3-14-15)9-5-10(11,12)4-7(13)6-16-9/h2-3,7,9H,4-6,13H2,1H3. The zero-order valence-corrected chi connectivity index (χ0v) is 9.07. The van der Waals surface area contributed by atoms with E-state index in [0.29, 0.717) is 5.69 Å². The molecule has 1 fully saturated rings. The van der Waals surface area contributed by atoms with Gasteiger partial charge in [0.1, 0.15) is 6.10 Å². The van der Waals surface area contributed by atoms with Gasteiger partial charge in [0.25, 0.3) is 5.92 Å². The molecule has 1 saturated heterocycles. The van der Waals surface area contributed by atoms with Gasteiger partial charge in [0.05, 0.1) is 12.3 Å². The molecule has 2 heterocycles. The number of hydrogen-bond acceptors (Lipinski definition) is 3. The van der Waals surface area contributed by atoms with Gasteiger partial charge in [-0.1, -0.05) is 0 Å². The van der Waals surface area contributed by atoms with Crippen LogP contribution >= 0.6 is 0 Å². The molecule has 0 spiro atoms. The monoisotopic (exact) mass is 231 g/mol. The number of halogens is 2. The fraction of sp³-hybridized carbons (Fsp3) is 0.700. The fourth-order valence-corrected chi connectivity index (χ4v) is 1.99. The van der Waals surface area contributed by atoms with Crippen molar-refractivity contribution in [1.29, 1.82) is 0 Å². The van der Waals surface area contributed by atoms with Crippen molar-refractivity contribution in [3.8, 4) is 0 Å². The molecule has 0 amide bonds. The molecule has 2 rings (SSSR count). The average molecular weight is 231 g/mol. The number of aryl methyl sites for hydroxylation is 1. The molecule has 16 heavy (non-hydrogen) atoms. The molecule has 1 aliphatic rings. The van der Waals surface area contributed by atoms with Crippen LogP contribution < -0.4 is 5.73 Å². The summed E-state index contributed by atoms with van der Waals surface area (Å²) in [4.78, 5) is 0. The molecule has 6 heteroatoms. The Morgan fingerprint density at radius 3 is 2.94 bits per heavy atom. The van der Waals surface area contributed by atoms with Gasteiger partial charge >= 0.3 is 0 Å². The number of rotatable bonds is 1. The van der Waals surface area contributed by atoms with E-state index in [9.17, 15) is 8.78 Å². The summed E-state index contributed by atoms with van der Waals surface area (Å²) in [5, 5.41) is 3.95. The zero-order valence-electron chi connectivity index (χ0n) is 9.07. The summed E-state index contributed by atoms with van der Waals surface area (Å²) >= 11 is 0.